The highest BCUT2D eigenvalue weighted by Crippen LogP contribution is 2.29. The Kier molecular flexibility index (Phi) is 7.00. The zero-order valence-electron chi connectivity index (χ0n) is 15.9. The van der Waals surface area contributed by atoms with Gasteiger partial charge >= 0.3 is 0 Å². The average Bonchev–Trinajstić information content (AvgIpc) is 2.61. The highest BCUT2D eigenvalue weighted by atomic mass is 16.5. The Morgan fingerprint density at radius 3 is 2.15 bits per heavy atom. The molecule has 2 aromatic carbocycles. The van der Waals surface area contributed by atoms with Crippen LogP contribution >= 0.6 is 0 Å². The van der Waals surface area contributed by atoms with Crippen LogP contribution in [-0.4, -0.2) is 25.0 Å². The lowest BCUT2D eigenvalue weighted by atomic mass is 10.2. The van der Waals surface area contributed by atoms with Gasteiger partial charge in [0.05, 0.1) is 13.2 Å². The van der Waals surface area contributed by atoms with Gasteiger partial charge in [0.2, 0.25) is 11.8 Å². The maximum Gasteiger partial charge on any atom is 0.248 e. The minimum Gasteiger partial charge on any atom is -0.493 e. The summed E-state index contributed by atoms with van der Waals surface area (Å²) >= 11 is 0. The lowest BCUT2D eigenvalue weighted by Gasteiger charge is -2.13. The molecular formula is C21H24N2O4. The molecule has 142 valence electrons. The molecule has 0 saturated carbocycles. The predicted molar refractivity (Wildman–Crippen MR) is 107 cm³/mol. The Hall–Kier alpha value is -3.28. The number of anilines is 2. The summed E-state index contributed by atoms with van der Waals surface area (Å²) in [7, 11) is 1.58. The average molecular weight is 368 g/mol. The van der Waals surface area contributed by atoms with Crippen molar-refractivity contribution in [2.24, 2.45) is 0 Å². The van der Waals surface area contributed by atoms with Gasteiger partial charge in [0.1, 0.15) is 0 Å². The molecule has 0 aliphatic rings. The van der Waals surface area contributed by atoms with Gasteiger partial charge in [-0.1, -0.05) is 6.07 Å². The largest absolute Gasteiger partial charge is 0.493 e. The van der Waals surface area contributed by atoms with Crippen molar-refractivity contribution in [1.29, 1.82) is 0 Å². The molecule has 6 heteroatoms. The van der Waals surface area contributed by atoms with E-state index in [0.29, 0.717) is 22.9 Å². The van der Waals surface area contributed by atoms with Crippen molar-refractivity contribution in [3.63, 3.8) is 0 Å². The van der Waals surface area contributed by atoms with Crippen LogP contribution in [0.4, 0.5) is 11.4 Å². The van der Waals surface area contributed by atoms with Crippen LogP contribution in [0.1, 0.15) is 26.3 Å². The number of benzene rings is 2. The van der Waals surface area contributed by atoms with E-state index in [1.165, 1.54) is 13.0 Å². The van der Waals surface area contributed by atoms with E-state index in [1.54, 1.807) is 37.5 Å². The summed E-state index contributed by atoms with van der Waals surface area (Å²) in [6.07, 6.45) is 3.19. The fourth-order valence-electron chi connectivity index (χ4n) is 2.34. The molecule has 0 atom stereocenters. The van der Waals surface area contributed by atoms with Crippen molar-refractivity contribution >= 4 is 29.3 Å². The smallest absolute Gasteiger partial charge is 0.248 e. The molecule has 0 aliphatic heterocycles. The normalized spacial score (nSPS) is 10.7. The van der Waals surface area contributed by atoms with E-state index in [9.17, 15) is 9.59 Å². The SMILES string of the molecule is COc1cc(C=CC(=O)Nc2ccc(NC(C)=O)cc2)ccc1OC(C)C. The molecule has 27 heavy (non-hydrogen) atoms. The van der Waals surface area contributed by atoms with Crippen LogP contribution in [-0.2, 0) is 9.59 Å². The molecule has 2 aromatic rings. The van der Waals surface area contributed by atoms with Crippen LogP contribution in [0.3, 0.4) is 0 Å². The minimum atomic E-state index is -0.260. The van der Waals surface area contributed by atoms with Gasteiger partial charge in [-0.15, -0.1) is 0 Å². The van der Waals surface area contributed by atoms with Gasteiger partial charge in [-0.05, 0) is 61.9 Å². The van der Waals surface area contributed by atoms with Gasteiger partial charge in [-0.2, -0.15) is 0 Å². The van der Waals surface area contributed by atoms with Gasteiger partial charge in [0.15, 0.2) is 11.5 Å². The first kappa shape index (κ1) is 20.0. The van der Waals surface area contributed by atoms with Gasteiger partial charge in [-0.25, -0.2) is 0 Å². The second-order valence-electron chi connectivity index (χ2n) is 6.16. The molecule has 0 radical (unpaired) electrons. The molecule has 6 nitrogen and oxygen atoms in total. The molecule has 0 aromatic heterocycles. The first-order valence-electron chi connectivity index (χ1n) is 8.59. The molecule has 0 aliphatic carbocycles. The summed E-state index contributed by atoms with van der Waals surface area (Å²) in [5.74, 6) is 0.867. The third-order valence-electron chi connectivity index (χ3n) is 3.45. The van der Waals surface area contributed by atoms with Crippen molar-refractivity contribution in [3.05, 3.63) is 54.1 Å². The van der Waals surface area contributed by atoms with Crippen LogP contribution in [0.5, 0.6) is 11.5 Å². The van der Waals surface area contributed by atoms with Crippen LogP contribution in [0.15, 0.2) is 48.5 Å². The van der Waals surface area contributed by atoms with Crippen molar-refractivity contribution < 1.29 is 19.1 Å². The van der Waals surface area contributed by atoms with E-state index in [0.717, 1.165) is 5.56 Å². The number of ether oxygens (including phenoxy) is 2. The zero-order chi connectivity index (χ0) is 19.8. The lowest BCUT2D eigenvalue weighted by Crippen LogP contribution is -2.09. The van der Waals surface area contributed by atoms with Gasteiger partial charge in [0, 0.05) is 24.4 Å². The standard InChI is InChI=1S/C21H24N2O4/c1-14(2)27-19-11-5-16(13-20(19)26-4)6-12-21(25)23-18-9-7-17(8-10-18)22-15(3)24/h5-14H,1-4H3,(H,22,24)(H,23,25). The highest BCUT2D eigenvalue weighted by molar-refractivity contribution is 6.02. The van der Waals surface area contributed by atoms with Crippen molar-refractivity contribution in [1.82, 2.24) is 0 Å². The van der Waals surface area contributed by atoms with Gasteiger partial charge in [0.25, 0.3) is 0 Å². The molecule has 0 unspecified atom stereocenters. The fourth-order valence-corrected chi connectivity index (χ4v) is 2.34. The van der Waals surface area contributed by atoms with E-state index in [4.69, 9.17) is 9.47 Å². The maximum absolute atomic E-state index is 12.1. The van der Waals surface area contributed by atoms with E-state index >= 15 is 0 Å². The Bertz CT molecular complexity index is 827. The summed E-state index contributed by atoms with van der Waals surface area (Å²) in [5.41, 5.74) is 2.13. The number of amides is 2. The molecule has 2 amide bonds. The number of methoxy groups -OCH3 is 1. The van der Waals surface area contributed by atoms with Crippen LogP contribution in [0, 0.1) is 0 Å². The number of rotatable bonds is 7. The Labute approximate surface area is 159 Å². The van der Waals surface area contributed by atoms with E-state index in [2.05, 4.69) is 10.6 Å². The molecule has 0 saturated heterocycles. The molecule has 2 N–H and O–H groups in total. The first-order valence-corrected chi connectivity index (χ1v) is 8.59. The third-order valence-corrected chi connectivity index (χ3v) is 3.45. The number of carbonyl (C=O) groups excluding carboxylic acids is 2. The topological polar surface area (TPSA) is 76.7 Å². The molecular weight excluding hydrogens is 344 g/mol. The lowest BCUT2D eigenvalue weighted by molar-refractivity contribution is -0.114. The molecule has 0 heterocycles. The van der Waals surface area contributed by atoms with E-state index in [1.807, 2.05) is 32.0 Å². The quantitative estimate of drug-likeness (QED) is 0.722. The third kappa shape index (κ3) is 6.51. The number of hydrogen-bond donors (Lipinski definition) is 2. The summed E-state index contributed by atoms with van der Waals surface area (Å²) < 4.78 is 11.0. The summed E-state index contributed by atoms with van der Waals surface area (Å²) in [4.78, 5) is 23.1. The molecule has 0 fully saturated rings. The minimum absolute atomic E-state index is 0.0445. The summed E-state index contributed by atoms with van der Waals surface area (Å²) in [6, 6.07) is 12.4. The second-order valence-corrected chi connectivity index (χ2v) is 6.16. The van der Waals surface area contributed by atoms with Crippen LogP contribution < -0.4 is 20.1 Å². The Morgan fingerprint density at radius 2 is 1.59 bits per heavy atom. The highest BCUT2D eigenvalue weighted by Gasteiger charge is 2.07. The maximum atomic E-state index is 12.1. The number of carbonyl (C=O) groups is 2. The zero-order valence-corrected chi connectivity index (χ0v) is 15.9. The summed E-state index contributed by atoms with van der Waals surface area (Å²) in [5, 5.41) is 5.44. The summed E-state index contributed by atoms with van der Waals surface area (Å²) in [6.45, 7) is 5.33. The van der Waals surface area contributed by atoms with E-state index < -0.39 is 0 Å². The second kappa shape index (κ2) is 9.43. The van der Waals surface area contributed by atoms with Crippen molar-refractivity contribution in [2.45, 2.75) is 26.9 Å². The molecule has 0 bridgehead atoms. The number of hydrogen-bond acceptors (Lipinski definition) is 4. The Morgan fingerprint density at radius 1 is 0.963 bits per heavy atom. The van der Waals surface area contributed by atoms with Crippen LogP contribution in [0.2, 0.25) is 0 Å². The van der Waals surface area contributed by atoms with Crippen molar-refractivity contribution in [3.8, 4) is 11.5 Å². The van der Waals surface area contributed by atoms with Gasteiger partial charge < -0.3 is 20.1 Å². The first-order chi connectivity index (χ1) is 12.9. The monoisotopic (exact) mass is 368 g/mol. The van der Waals surface area contributed by atoms with Gasteiger partial charge in [-0.3, -0.25) is 9.59 Å². The van der Waals surface area contributed by atoms with Crippen molar-refractivity contribution in [2.75, 3.05) is 17.7 Å². The fraction of sp³-hybridized carbons (Fsp3) is 0.238. The Balaban J connectivity index is 2.00. The molecule has 0 spiro atoms. The van der Waals surface area contributed by atoms with Crippen LogP contribution in [0.25, 0.3) is 6.08 Å². The predicted octanol–water partition coefficient (Wildman–Crippen LogP) is 4.09. The molecule has 2 rings (SSSR count). The number of nitrogens with one attached hydrogen (secondary N) is 2. The van der Waals surface area contributed by atoms with E-state index in [-0.39, 0.29) is 17.9 Å².